The van der Waals surface area contributed by atoms with E-state index in [0.29, 0.717) is 11.6 Å². The topological polar surface area (TPSA) is 29.3 Å². The molecule has 1 unspecified atom stereocenters. The largest absolute Gasteiger partial charge is 0.329 e. The van der Waals surface area contributed by atoms with Gasteiger partial charge in [-0.25, -0.2) is 0 Å². The third-order valence-electron chi connectivity index (χ3n) is 5.07. The highest BCUT2D eigenvalue weighted by Gasteiger charge is 2.39. The van der Waals surface area contributed by atoms with Gasteiger partial charge in [0.25, 0.3) is 0 Å². The van der Waals surface area contributed by atoms with Gasteiger partial charge in [0.15, 0.2) is 0 Å². The second-order valence-corrected chi connectivity index (χ2v) is 6.42. The van der Waals surface area contributed by atoms with Crippen molar-refractivity contribution < 1.29 is 0 Å². The van der Waals surface area contributed by atoms with Crippen LogP contribution in [0.4, 0.5) is 0 Å². The first-order chi connectivity index (χ1) is 8.59. The quantitative estimate of drug-likeness (QED) is 0.749. The summed E-state index contributed by atoms with van der Waals surface area (Å²) in [5, 5.41) is 0. The lowest BCUT2D eigenvalue weighted by Crippen LogP contribution is -2.58. The van der Waals surface area contributed by atoms with Crippen LogP contribution in [0.1, 0.15) is 72.6 Å². The van der Waals surface area contributed by atoms with E-state index in [0.717, 1.165) is 12.5 Å². The van der Waals surface area contributed by atoms with Crippen molar-refractivity contribution in [3.05, 3.63) is 0 Å². The maximum Gasteiger partial charge on any atom is 0.0334 e. The Morgan fingerprint density at radius 2 is 1.89 bits per heavy atom. The Labute approximate surface area is 114 Å². The molecule has 2 nitrogen and oxygen atoms in total. The minimum Gasteiger partial charge on any atom is -0.329 e. The molecule has 0 saturated heterocycles. The molecular formula is C16H34N2. The van der Waals surface area contributed by atoms with Crippen LogP contribution in [0.5, 0.6) is 0 Å². The number of nitrogens with two attached hydrogens (primary N) is 1. The van der Waals surface area contributed by atoms with Crippen LogP contribution in [0, 0.1) is 5.92 Å². The van der Waals surface area contributed by atoms with Crippen LogP contribution in [-0.4, -0.2) is 29.6 Å². The molecule has 1 aliphatic carbocycles. The van der Waals surface area contributed by atoms with Gasteiger partial charge < -0.3 is 5.73 Å². The van der Waals surface area contributed by atoms with Gasteiger partial charge in [0, 0.05) is 18.1 Å². The molecule has 1 rings (SSSR count). The lowest BCUT2D eigenvalue weighted by molar-refractivity contribution is 0.0120. The van der Waals surface area contributed by atoms with E-state index in [2.05, 4.69) is 32.6 Å². The van der Waals surface area contributed by atoms with E-state index in [-0.39, 0.29) is 0 Å². The first-order valence-electron chi connectivity index (χ1n) is 8.06. The van der Waals surface area contributed by atoms with Gasteiger partial charge in [0.1, 0.15) is 0 Å². The fraction of sp³-hybridized carbons (Fsp3) is 1.00. The van der Waals surface area contributed by atoms with E-state index in [4.69, 9.17) is 5.73 Å². The summed E-state index contributed by atoms with van der Waals surface area (Å²) in [6, 6.07) is 0.675. The summed E-state index contributed by atoms with van der Waals surface area (Å²) in [5.41, 5.74) is 6.51. The number of nitrogens with zero attached hydrogens (tertiary/aromatic N) is 1. The highest BCUT2D eigenvalue weighted by Crippen LogP contribution is 2.37. The van der Waals surface area contributed by atoms with Crippen molar-refractivity contribution in [2.24, 2.45) is 11.7 Å². The van der Waals surface area contributed by atoms with Gasteiger partial charge in [-0.15, -0.1) is 0 Å². The SMILES string of the molecule is CCCCN(C(C)CC)C1(CN)CCC(C)CC1. The average Bonchev–Trinajstić information content (AvgIpc) is 2.41. The number of unbranched alkanes of at least 4 members (excludes halogenated alkanes) is 1. The van der Waals surface area contributed by atoms with Crippen LogP contribution < -0.4 is 5.73 Å². The van der Waals surface area contributed by atoms with Gasteiger partial charge in [0.05, 0.1) is 0 Å². The molecule has 0 spiro atoms. The van der Waals surface area contributed by atoms with Crippen molar-refractivity contribution >= 4 is 0 Å². The van der Waals surface area contributed by atoms with Crippen molar-refractivity contribution in [2.45, 2.75) is 84.2 Å². The van der Waals surface area contributed by atoms with Crippen molar-refractivity contribution in [3.63, 3.8) is 0 Å². The van der Waals surface area contributed by atoms with E-state index in [1.165, 1.54) is 51.5 Å². The predicted molar refractivity (Wildman–Crippen MR) is 80.8 cm³/mol. The number of hydrogen-bond donors (Lipinski definition) is 1. The molecule has 0 heterocycles. The second-order valence-electron chi connectivity index (χ2n) is 6.42. The molecule has 0 aromatic rings. The van der Waals surface area contributed by atoms with Gasteiger partial charge in [-0.05, 0) is 57.9 Å². The first kappa shape index (κ1) is 16.0. The highest BCUT2D eigenvalue weighted by molar-refractivity contribution is 4.97. The zero-order chi connectivity index (χ0) is 13.6. The lowest BCUT2D eigenvalue weighted by Gasteiger charge is -2.50. The summed E-state index contributed by atoms with van der Waals surface area (Å²) in [6.45, 7) is 11.4. The molecule has 0 radical (unpaired) electrons. The molecule has 18 heavy (non-hydrogen) atoms. The van der Waals surface area contributed by atoms with Crippen LogP contribution in [0.15, 0.2) is 0 Å². The van der Waals surface area contributed by atoms with E-state index in [1.807, 2.05) is 0 Å². The van der Waals surface area contributed by atoms with Gasteiger partial charge in [0.2, 0.25) is 0 Å². The molecule has 0 aromatic heterocycles. The van der Waals surface area contributed by atoms with Crippen molar-refractivity contribution in [3.8, 4) is 0 Å². The third kappa shape index (κ3) is 3.71. The van der Waals surface area contributed by atoms with Crippen molar-refractivity contribution in [2.75, 3.05) is 13.1 Å². The maximum atomic E-state index is 6.21. The minimum absolute atomic E-state index is 0.303. The highest BCUT2D eigenvalue weighted by atomic mass is 15.2. The molecule has 1 saturated carbocycles. The van der Waals surface area contributed by atoms with Gasteiger partial charge in [-0.2, -0.15) is 0 Å². The summed E-state index contributed by atoms with van der Waals surface area (Å²) in [6.07, 6.45) is 9.15. The van der Waals surface area contributed by atoms with E-state index < -0.39 is 0 Å². The predicted octanol–water partition coefficient (Wildman–Crippen LogP) is 3.79. The fourth-order valence-corrected chi connectivity index (χ4v) is 3.38. The van der Waals surface area contributed by atoms with Crippen LogP contribution in [0.2, 0.25) is 0 Å². The number of rotatable bonds is 7. The fourth-order valence-electron chi connectivity index (χ4n) is 3.38. The Morgan fingerprint density at radius 1 is 1.28 bits per heavy atom. The van der Waals surface area contributed by atoms with Crippen LogP contribution >= 0.6 is 0 Å². The Morgan fingerprint density at radius 3 is 2.33 bits per heavy atom. The van der Waals surface area contributed by atoms with E-state index in [1.54, 1.807) is 0 Å². The summed E-state index contributed by atoms with van der Waals surface area (Å²) in [5.74, 6) is 0.898. The molecule has 1 atom stereocenters. The zero-order valence-electron chi connectivity index (χ0n) is 13.0. The van der Waals surface area contributed by atoms with Crippen molar-refractivity contribution in [1.82, 2.24) is 4.90 Å². The summed E-state index contributed by atoms with van der Waals surface area (Å²) < 4.78 is 0. The van der Waals surface area contributed by atoms with Crippen LogP contribution in [0.3, 0.4) is 0 Å². The second kappa shape index (κ2) is 7.49. The molecule has 1 aliphatic rings. The molecule has 0 amide bonds. The monoisotopic (exact) mass is 254 g/mol. The molecule has 0 aliphatic heterocycles. The molecular weight excluding hydrogens is 220 g/mol. The van der Waals surface area contributed by atoms with Gasteiger partial charge in [-0.1, -0.05) is 27.2 Å². The molecule has 2 N–H and O–H groups in total. The number of hydrogen-bond acceptors (Lipinski definition) is 2. The Bertz CT molecular complexity index is 219. The Hall–Kier alpha value is -0.0800. The standard InChI is InChI=1S/C16H34N2/c1-5-7-12-18(15(4)6-2)16(13-17)10-8-14(3)9-11-16/h14-15H,5-13,17H2,1-4H3. The average molecular weight is 254 g/mol. The normalized spacial score (nSPS) is 30.7. The molecule has 0 aromatic carbocycles. The smallest absolute Gasteiger partial charge is 0.0334 e. The van der Waals surface area contributed by atoms with E-state index >= 15 is 0 Å². The van der Waals surface area contributed by atoms with Gasteiger partial charge >= 0.3 is 0 Å². The Balaban J connectivity index is 2.78. The molecule has 2 heteroatoms. The Kier molecular flexibility index (Phi) is 6.65. The maximum absolute atomic E-state index is 6.21. The van der Waals surface area contributed by atoms with E-state index in [9.17, 15) is 0 Å². The summed E-state index contributed by atoms with van der Waals surface area (Å²) >= 11 is 0. The van der Waals surface area contributed by atoms with Crippen molar-refractivity contribution in [1.29, 1.82) is 0 Å². The minimum atomic E-state index is 0.303. The third-order valence-corrected chi connectivity index (χ3v) is 5.07. The van der Waals surface area contributed by atoms with Gasteiger partial charge in [-0.3, -0.25) is 4.90 Å². The first-order valence-corrected chi connectivity index (χ1v) is 8.06. The van der Waals surface area contributed by atoms with Crippen LogP contribution in [0.25, 0.3) is 0 Å². The molecule has 108 valence electrons. The zero-order valence-corrected chi connectivity index (χ0v) is 13.0. The van der Waals surface area contributed by atoms with Crippen LogP contribution in [-0.2, 0) is 0 Å². The lowest BCUT2D eigenvalue weighted by atomic mass is 9.75. The summed E-state index contributed by atoms with van der Waals surface area (Å²) in [7, 11) is 0. The summed E-state index contributed by atoms with van der Waals surface area (Å²) in [4.78, 5) is 2.75. The molecule has 0 bridgehead atoms. The molecule has 1 fully saturated rings.